The summed E-state index contributed by atoms with van der Waals surface area (Å²) in [5.41, 5.74) is 4.39. The van der Waals surface area contributed by atoms with E-state index in [1.54, 1.807) is 0 Å². The number of benzene rings is 2. The predicted molar refractivity (Wildman–Crippen MR) is 85.4 cm³/mol. The molecule has 0 saturated heterocycles. The summed E-state index contributed by atoms with van der Waals surface area (Å²) in [4.78, 5) is 0. The second-order valence-corrected chi connectivity index (χ2v) is 5.56. The molecule has 3 heteroatoms. The van der Waals surface area contributed by atoms with Crippen molar-refractivity contribution in [1.82, 2.24) is 9.78 Å². The Morgan fingerprint density at radius 3 is 2.40 bits per heavy atom. The smallest absolute Gasteiger partial charge is 0.0919 e. The van der Waals surface area contributed by atoms with Gasteiger partial charge in [-0.25, -0.2) is 4.68 Å². The number of para-hydroxylation sites is 1. The molecule has 4 rings (SSSR count). The highest BCUT2D eigenvalue weighted by atomic mass is 79.9. The van der Waals surface area contributed by atoms with Crippen LogP contribution < -0.4 is 0 Å². The fraction of sp³-hybridized carbons (Fsp3) is 0. The first kappa shape index (κ1) is 11.7. The molecule has 96 valence electrons. The van der Waals surface area contributed by atoms with Gasteiger partial charge in [-0.3, -0.25) is 0 Å². The fourth-order valence-corrected chi connectivity index (χ4v) is 3.13. The number of rotatable bonds is 1. The third-order valence-corrected chi connectivity index (χ3v) is 4.15. The maximum absolute atomic E-state index is 4.78. The van der Waals surface area contributed by atoms with Gasteiger partial charge in [0.1, 0.15) is 0 Å². The Balaban J connectivity index is 2.15. The van der Waals surface area contributed by atoms with Crippen LogP contribution in [0.25, 0.3) is 27.8 Å². The van der Waals surface area contributed by atoms with Crippen molar-refractivity contribution in [3.05, 3.63) is 71.2 Å². The summed E-state index contributed by atoms with van der Waals surface area (Å²) in [6.07, 6.45) is 0. The van der Waals surface area contributed by atoms with Crippen molar-refractivity contribution in [2.45, 2.75) is 0 Å². The second-order valence-electron chi connectivity index (χ2n) is 4.71. The minimum absolute atomic E-state index is 0.996. The first-order valence-electron chi connectivity index (χ1n) is 6.46. The Morgan fingerprint density at radius 1 is 0.800 bits per heavy atom. The van der Waals surface area contributed by atoms with Gasteiger partial charge in [0.05, 0.1) is 16.9 Å². The van der Waals surface area contributed by atoms with E-state index in [0.717, 1.165) is 21.4 Å². The molecule has 0 radical (unpaired) electrons. The molecule has 20 heavy (non-hydrogen) atoms. The highest BCUT2D eigenvalue weighted by molar-refractivity contribution is 9.10. The van der Waals surface area contributed by atoms with E-state index in [-0.39, 0.29) is 0 Å². The van der Waals surface area contributed by atoms with Crippen molar-refractivity contribution in [1.29, 1.82) is 0 Å². The van der Waals surface area contributed by atoms with Crippen LogP contribution in [0.1, 0.15) is 0 Å². The average molecular weight is 323 g/mol. The molecule has 0 saturated carbocycles. The molecule has 0 atom stereocenters. The zero-order chi connectivity index (χ0) is 13.5. The summed E-state index contributed by atoms with van der Waals surface area (Å²) in [5.74, 6) is 0. The lowest BCUT2D eigenvalue weighted by Gasteiger charge is -2.14. The monoisotopic (exact) mass is 322 g/mol. The van der Waals surface area contributed by atoms with Gasteiger partial charge in [-0.05, 0) is 30.3 Å². The van der Waals surface area contributed by atoms with Crippen molar-refractivity contribution in [2.75, 3.05) is 0 Å². The van der Waals surface area contributed by atoms with Crippen molar-refractivity contribution in [3.8, 4) is 16.9 Å². The van der Waals surface area contributed by atoms with Crippen LogP contribution in [0.15, 0.2) is 71.2 Å². The van der Waals surface area contributed by atoms with Crippen LogP contribution in [0.5, 0.6) is 0 Å². The molecule has 1 aliphatic carbocycles. The Hall–Kier alpha value is -2.13. The lowest BCUT2D eigenvalue weighted by Crippen LogP contribution is -2.05. The van der Waals surface area contributed by atoms with Gasteiger partial charge in [0, 0.05) is 15.4 Å². The lowest BCUT2D eigenvalue weighted by atomic mass is 10.1. The largest absolute Gasteiger partial charge is 0.232 e. The molecular weight excluding hydrogens is 312 g/mol. The summed E-state index contributed by atoms with van der Waals surface area (Å²) in [7, 11) is 0. The first-order valence-corrected chi connectivity index (χ1v) is 7.25. The van der Waals surface area contributed by atoms with E-state index in [2.05, 4.69) is 52.3 Å². The molecule has 2 aromatic carbocycles. The standard InChI is InChI=1S/C17H11BrN2/c18-14-10-11-16-17(14)13-8-4-5-9-15(13)19-20(16)12-6-2-1-3-7-12/h1-11H. The van der Waals surface area contributed by atoms with Gasteiger partial charge >= 0.3 is 0 Å². The van der Waals surface area contributed by atoms with Crippen LogP contribution in [0, 0.1) is 0 Å². The zero-order valence-corrected chi connectivity index (χ0v) is 12.2. The molecule has 0 aromatic heterocycles. The Labute approximate surface area is 125 Å². The van der Waals surface area contributed by atoms with E-state index in [1.165, 1.54) is 10.9 Å². The van der Waals surface area contributed by atoms with E-state index in [9.17, 15) is 0 Å². The van der Waals surface area contributed by atoms with Crippen molar-refractivity contribution < 1.29 is 0 Å². The van der Waals surface area contributed by atoms with Gasteiger partial charge in [0.2, 0.25) is 0 Å². The topological polar surface area (TPSA) is 17.8 Å². The van der Waals surface area contributed by atoms with Crippen molar-refractivity contribution in [2.24, 2.45) is 0 Å². The second kappa shape index (κ2) is 4.46. The summed E-state index contributed by atoms with van der Waals surface area (Å²) in [6.45, 7) is 0. The van der Waals surface area contributed by atoms with Gasteiger partial charge in [-0.1, -0.05) is 52.3 Å². The van der Waals surface area contributed by atoms with Crippen LogP contribution in [0.2, 0.25) is 0 Å². The minimum atomic E-state index is 0.996. The van der Waals surface area contributed by atoms with Crippen LogP contribution in [-0.2, 0) is 0 Å². The first-order chi connectivity index (χ1) is 9.84. The van der Waals surface area contributed by atoms with Crippen LogP contribution in [-0.4, -0.2) is 9.78 Å². The Kier molecular flexibility index (Phi) is 2.60. The van der Waals surface area contributed by atoms with E-state index in [0.29, 0.717) is 0 Å². The normalized spacial score (nSPS) is 11.2. The number of halogens is 1. The molecule has 2 aliphatic rings. The highest BCUT2D eigenvalue weighted by Gasteiger charge is 2.17. The van der Waals surface area contributed by atoms with Gasteiger partial charge in [0.25, 0.3) is 0 Å². The van der Waals surface area contributed by atoms with Crippen LogP contribution in [0.3, 0.4) is 0 Å². The minimum Gasteiger partial charge on any atom is -0.232 e. The number of hydrogen-bond donors (Lipinski definition) is 0. The van der Waals surface area contributed by atoms with E-state index in [1.807, 2.05) is 35.0 Å². The number of nitrogens with zero attached hydrogens (tertiary/aromatic N) is 2. The Morgan fingerprint density at radius 2 is 1.55 bits per heavy atom. The van der Waals surface area contributed by atoms with E-state index in [4.69, 9.17) is 5.10 Å². The van der Waals surface area contributed by atoms with Crippen LogP contribution in [0.4, 0.5) is 0 Å². The summed E-state index contributed by atoms with van der Waals surface area (Å²) in [6, 6.07) is 22.6. The van der Waals surface area contributed by atoms with E-state index < -0.39 is 0 Å². The third kappa shape index (κ3) is 1.67. The molecule has 2 nitrogen and oxygen atoms in total. The number of aromatic nitrogens is 2. The molecule has 0 spiro atoms. The molecule has 0 N–H and O–H groups in total. The third-order valence-electron chi connectivity index (χ3n) is 3.49. The number of hydrogen-bond acceptors (Lipinski definition) is 1. The molecule has 0 amide bonds. The average Bonchev–Trinajstić information content (AvgIpc) is 2.90. The fourth-order valence-electron chi connectivity index (χ4n) is 2.58. The summed E-state index contributed by atoms with van der Waals surface area (Å²) in [5, 5.41) is 5.96. The molecule has 0 unspecified atom stereocenters. The SMILES string of the molecule is Brc1ccc2n(-c3ccccc3)nc3ccccc3c1-2. The summed E-state index contributed by atoms with van der Waals surface area (Å²) >= 11 is 3.65. The predicted octanol–water partition coefficient (Wildman–Crippen LogP) is 4.89. The molecule has 1 heterocycles. The quantitative estimate of drug-likeness (QED) is 0.487. The van der Waals surface area contributed by atoms with Crippen LogP contribution >= 0.6 is 15.9 Å². The molecule has 1 aliphatic heterocycles. The molecular formula is C17H11BrN2. The Bertz CT molecular complexity index is 865. The van der Waals surface area contributed by atoms with Gasteiger partial charge in [-0.2, -0.15) is 5.10 Å². The van der Waals surface area contributed by atoms with Gasteiger partial charge in [0.15, 0.2) is 0 Å². The zero-order valence-electron chi connectivity index (χ0n) is 10.6. The van der Waals surface area contributed by atoms with Gasteiger partial charge in [-0.15, -0.1) is 0 Å². The van der Waals surface area contributed by atoms with Gasteiger partial charge < -0.3 is 0 Å². The molecule has 2 aromatic rings. The van der Waals surface area contributed by atoms with Crippen molar-refractivity contribution >= 4 is 26.8 Å². The molecule has 0 bridgehead atoms. The highest BCUT2D eigenvalue weighted by Crippen LogP contribution is 2.38. The molecule has 0 fully saturated rings. The lowest BCUT2D eigenvalue weighted by molar-refractivity contribution is 0.880. The maximum Gasteiger partial charge on any atom is 0.0919 e. The summed E-state index contributed by atoms with van der Waals surface area (Å²) < 4.78 is 3.11. The van der Waals surface area contributed by atoms with E-state index >= 15 is 0 Å². The maximum atomic E-state index is 4.78. The van der Waals surface area contributed by atoms with Crippen molar-refractivity contribution in [3.63, 3.8) is 0 Å². The number of fused-ring (bicyclic) bond motifs is 3.